The second-order valence-electron chi connectivity index (χ2n) is 6.92. The minimum Gasteiger partial charge on any atom is -0.330 e. The molecule has 1 saturated heterocycles. The lowest BCUT2D eigenvalue weighted by molar-refractivity contribution is 0.509. The molecule has 6 nitrogen and oxygen atoms in total. The van der Waals surface area contributed by atoms with E-state index in [2.05, 4.69) is 34.3 Å². The van der Waals surface area contributed by atoms with Crippen LogP contribution in [0.15, 0.2) is 36.5 Å². The number of benzene rings is 1. The number of pyridine rings is 1. The van der Waals surface area contributed by atoms with Gasteiger partial charge in [0, 0.05) is 17.1 Å². The maximum absolute atomic E-state index is 11.8. The Labute approximate surface area is 153 Å². The Bertz CT molecular complexity index is 1070. The summed E-state index contributed by atoms with van der Waals surface area (Å²) in [5.41, 5.74) is 10.6. The lowest BCUT2D eigenvalue weighted by atomic mass is 10.0. The predicted molar refractivity (Wildman–Crippen MR) is 103 cm³/mol. The fourth-order valence-electron chi connectivity index (χ4n) is 3.62. The first-order valence-electron chi connectivity index (χ1n) is 8.81. The number of aromatic nitrogens is 3. The van der Waals surface area contributed by atoms with Gasteiger partial charge in [0.2, 0.25) is 0 Å². The van der Waals surface area contributed by atoms with Crippen molar-refractivity contribution < 1.29 is 8.42 Å². The lowest BCUT2D eigenvalue weighted by Gasteiger charge is -2.10. The van der Waals surface area contributed by atoms with E-state index >= 15 is 0 Å². The molecule has 136 valence electrons. The molecule has 2 N–H and O–H groups in total. The van der Waals surface area contributed by atoms with Crippen molar-refractivity contribution in [1.82, 2.24) is 14.8 Å². The van der Waals surface area contributed by atoms with Crippen molar-refractivity contribution in [2.45, 2.75) is 25.8 Å². The van der Waals surface area contributed by atoms with Crippen LogP contribution in [0, 0.1) is 6.92 Å². The van der Waals surface area contributed by atoms with Crippen LogP contribution in [0.2, 0.25) is 0 Å². The van der Waals surface area contributed by atoms with Crippen LogP contribution in [-0.2, 0) is 16.3 Å². The van der Waals surface area contributed by atoms with E-state index in [1.807, 2.05) is 19.2 Å². The number of fused-ring (bicyclic) bond motifs is 1. The average Bonchev–Trinajstić information content (AvgIpc) is 3.15. The normalized spacial score (nSPS) is 19.2. The molecule has 0 radical (unpaired) electrons. The van der Waals surface area contributed by atoms with Gasteiger partial charge in [-0.25, -0.2) is 18.1 Å². The molecule has 3 heterocycles. The van der Waals surface area contributed by atoms with Gasteiger partial charge in [0.05, 0.1) is 23.2 Å². The van der Waals surface area contributed by atoms with Crippen molar-refractivity contribution in [1.29, 1.82) is 0 Å². The summed E-state index contributed by atoms with van der Waals surface area (Å²) in [6.45, 7) is 2.56. The second-order valence-corrected chi connectivity index (χ2v) is 9.15. The molecule has 0 saturated carbocycles. The third-order valence-corrected chi connectivity index (χ3v) is 6.73. The average molecular weight is 370 g/mol. The highest BCUT2D eigenvalue weighted by Crippen LogP contribution is 2.30. The standard InChI is InChI=1S/C19H22N4O2S/c1-13-18-10-16(15-4-2-3-14(9-15)5-7-20)11-21-19(18)23(22-13)17-6-8-26(24,25)12-17/h2-4,9-11,17H,5-8,12,20H2,1H3. The molecule has 1 fully saturated rings. The molecule has 0 amide bonds. The van der Waals surface area contributed by atoms with Crippen molar-refractivity contribution in [2.24, 2.45) is 5.73 Å². The Morgan fingerprint density at radius 1 is 1.27 bits per heavy atom. The molecule has 0 aliphatic carbocycles. The van der Waals surface area contributed by atoms with Gasteiger partial charge >= 0.3 is 0 Å². The highest BCUT2D eigenvalue weighted by Gasteiger charge is 2.31. The van der Waals surface area contributed by atoms with E-state index in [0.29, 0.717) is 13.0 Å². The van der Waals surface area contributed by atoms with Crippen molar-refractivity contribution in [2.75, 3.05) is 18.1 Å². The molecule has 0 bridgehead atoms. The zero-order valence-electron chi connectivity index (χ0n) is 14.7. The minimum atomic E-state index is -2.96. The highest BCUT2D eigenvalue weighted by atomic mass is 32.2. The van der Waals surface area contributed by atoms with Gasteiger partial charge in [0.25, 0.3) is 0 Å². The van der Waals surface area contributed by atoms with Gasteiger partial charge in [0.15, 0.2) is 15.5 Å². The first-order chi connectivity index (χ1) is 12.5. The first-order valence-corrected chi connectivity index (χ1v) is 10.6. The van der Waals surface area contributed by atoms with Crippen molar-refractivity contribution in [3.8, 4) is 11.1 Å². The summed E-state index contributed by atoms with van der Waals surface area (Å²) >= 11 is 0. The quantitative estimate of drug-likeness (QED) is 0.761. The van der Waals surface area contributed by atoms with Crippen LogP contribution >= 0.6 is 0 Å². The van der Waals surface area contributed by atoms with Gasteiger partial charge in [0.1, 0.15) is 0 Å². The number of hydrogen-bond donors (Lipinski definition) is 1. The number of nitrogens with zero attached hydrogens (tertiary/aromatic N) is 3. The molecule has 0 spiro atoms. The largest absolute Gasteiger partial charge is 0.330 e. The molecule has 1 atom stereocenters. The Balaban J connectivity index is 1.75. The molecule has 4 rings (SSSR count). The van der Waals surface area contributed by atoms with Gasteiger partial charge in [-0.15, -0.1) is 0 Å². The van der Waals surface area contributed by atoms with E-state index in [1.165, 1.54) is 5.56 Å². The molecule has 1 aliphatic rings. The van der Waals surface area contributed by atoms with Crippen LogP contribution in [0.25, 0.3) is 22.2 Å². The van der Waals surface area contributed by atoms with Crippen LogP contribution in [0.1, 0.15) is 23.7 Å². The SMILES string of the molecule is Cc1nn(C2CCS(=O)(=O)C2)c2ncc(-c3cccc(CCN)c3)cc12. The van der Waals surface area contributed by atoms with E-state index in [1.54, 1.807) is 4.68 Å². The lowest BCUT2D eigenvalue weighted by Crippen LogP contribution is -2.13. The molecular formula is C19H22N4O2S. The minimum absolute atomic E-state index is 0.123. The van der Waals surface area contributed by atoms with E-state index < -0.39 is 9.84 Å². The fourth-order valence-corrected chi connectivity index (χ4v) is 5.31. The molecule has 1 aliphatic heterocycles. The van der Waals surface area contributed by atoms with Gasteiger partial charge in [-0.2, -0.15) is 5.10 Å². The molecule has 1 unspecified atom stereocenters. The van der Waals surface area contributed by atoms with Crippen LogP contribution in [-0.4, -0.2) is 41.2 Å². The summed E-state index contributed by atoms with van der Waals surface area (Å²) in [4.78, 5) is 4.63. The van der Waals surface area contributed by atoms with Gasteiger partial charge in [-0.05, 0) is 43.5 Å². The van der Waals surface area contributed by atoms with Crippen molar-refractivity contribution >= 4 is 20.9 Å². The Morgan fingerprint density at radius 2 is 2.12 bits per heavy atom. The zero-order valence-corrected chi connectivity index (χ0v) is 15.5. The van der Waals surface area contributed by atoms with Gasteiger partial charge in [-0.3, -0.25) is 0 Å². The number of nitrogens with two attached hydrogens (primary N) is 1. The van der Waals surface area contributed by atoms with E-state index in [-0.39, 0.29) is 17.5 Å². The predicted octanol–water partition coefficient (Wildman–Crippen LogP) is 2.27. The summed E-state index contributed by atoms with van der Waals surface area (Å²) < 4.78 is 25.4. The topological polar surface area (TPSA) is 90.9 Å². The third-order valence-electron chi connectivity index (χ3n) is 4.98. The fraction of sp³-hybridized carbons (Fsp3) is 0.368. The number of sulfone groups is 1. The summed E-state index contributed by atoms with van der Waals surface area (Å²) in [5, 5.41) is 5.56. The number of aryl methyl sites for hydroxylation is 1. The molecule has 7 heteroatoms. The molecule has 2 aromatic heterocycles. The van der Waals surface area contributed by atoms with E-state index in [0.717, 1.165) is 34.3 Å². The Morgan fingerprint density at radius 3 is 2.85 bits per heavy atom. The van der Waals surface area contributed by atoms with Crippen molar-refractivity contribution in [3.05, 3.63) is 47.8 Å². The van der Waals surface area contributed by atoms with Crippen LogP contribution < -0.4 is 5.73 Å². The monoisotopic (exact) mass is 370 g/mol. The molecular weight excluding hydrogens is 348 g/mol. The third kappa shape index (κ3) is 3.12. The van der Waals surface area contributed by atoms with Crippen LogP contribution in [0.4, 0.5) is 0 Å². The van der Waals surface area contributed by atoms with Gasteiger partial charge in [-0.1, -0.05) is 24.3 Å². The maximum Gasteiger partial charge on any atom is 0.158 e. The summed E-state index contributed by atoms with van der Waals surface area (Å²) in [7, 11) is -2.96. The highest BCUT2D eigenvalue weighted by molar-refractivity contribution is 7.91. The Hall–Kier alpha value is -2.25. The summed E-state index contributed by atoms with van der Waals surface area (Å²) in [6.07, 6.45) is 3.28. The summed E-state index contributed by atoms with van der Waals surface area (Å²) in [5.74, 6) is 0.373. The second kappa shape index (κ2) is 6.48. The van der Waals surface area contributed by atoms with E-state index in [4.69, 9.17) is 5.73 Å². The zero-order chi connectivity index (χ0) is 18.3. The van der Waals surface area contributed by atoms with E-state index in [9.17, 15) is 8.42 Å². The van der Waals surface area contributed by atoms with Crippen molar-refractivity contribution in [3.63, 3.8) is 0 Å². The number of hydrogen-bond acceptors (Lipinski definition) is 5. The number of rotatable bonds is 4. The molecule has 26 heavy (non-hydrogen) atoms. The molecule has 3 aromatic rings. The Kier molecular flexibility index (Phi) is 4.28. The summed E-state index contributed by atoms with van der Waals surface area (Å²) in [6, 6.07) is 10.3. The smallest absolute Gasteiger partial charge is 0.158 e. The van der Waals surface area contributed by atoms with Gasteiger partial charge < -0.3 is 5.73 Å². The van der Waals surface area contributed by atoms with Crippen LogP contribution in [0.5, 0.6) is 0 Å². The first kappa shape index (κ1) is 17.2. The molecule has 1 aromatic carbocycles. The van der Waals surface area contributed by atoms with Crippen LogP contribution in [0.3, 0.4) is 0 Å². The maximum atomic E-state index is 11.8.